The smallest absolute Gasteiger partial charge is 0.224 e. The Hall–Kier alpha value is -0.473. The average Bonchev–Trinajstić information content (AvgIpc) is 2.04. The molecule has 11 heavy (non-hydrogen) atoms. The Labute approximate surface area is 74.6 Å². The van der Waals surface area contributed by atoms with Crippen LogP contribution in [0.5, 0.6) is 0 Å². The molecule has 0 aliphatic carbocycles. The lowest BCUT2D eigenvalue weighted by atomic mass is 10.2. The average molecular weight is 186 g/mol. The van der Waals surface area contributed by atoms with Crippen molar-refractivity contribution in [2.24, 2.45) is 0 Å². The molecule has 0 spiro atoms. The predicted octanol–water partition coefficient (Wildman–Crippen LogP) is 1.67. The van der Waals surface area contributed by atoms with Crippen LogP contribution in [0.1, 0.15) is 5.56 Å². The molecule has 0 unspecified atom stereocenters. The fourth-order valence-electron chi connectivity index (χ4n) is 1.06. The molecule has 0 aliphatic rings. The van der Waals surface area contributed by atoms with Crippen molar-refractivity contribution in [2.75, 3.05) is 11.6 Å². The fourth-order valence-corrected chi connectivity index (χ4v) is 1.93. The highest BCUT2D eigenvalue weighted by molar-refractivity contribution is 6.95. The van der Waals surface area contributed by atoms with Crippen molar-refractivity contribution in [1.82, 2.24) is 0 Å². The quantitative estimate of drug-likeness (QED) is 0.501. The van der Waals surface area contributed by atoms with E-state index in [1.54, 1.807) is 0 Å². The zero-order valence-electron chi connectivity index (χ0n) is 6.84. The number of hydrogen-bond acceptors (Lipinski definition) is 1. The maximum Gasteiger partial charge on any atom is 0.224 e. The van der Waals surface area contributed by atoms with E-state index < -0.39 is 8.99 Å². The molecule has 0 aliphatic heterocycles. The van der Waals surface area contributed by atoms with Gasteiger partial charge in [-0.25, -0.2) is 0 Å². The lowest BCUT2D eigenvalue weighted by Crippen LogP contribution is -2.18. The van der Waals surface area contributed by atoms with Crippen LogP contribution in [0.15, 0.2) is 24.3 Å². The van der Waals surface area contributed by atoms with Gasteiger partial charge in [0.1, 0.15) is 0 Å². The monoisotopic (exact) mass is 185 g/mol. The molecule has 1 aromatic rings. The van der Waals surface area contributed by atoms with E-state index in [-0.39, 0.29) is 0 Å². The summed E-state index contributed by atoms with van der Waals surface area (Å²) in [6.07, 6.45) is 0. The highest BCUT2D eigenvalue weighted by Gasteiger charge is 2.00. The van der Waals surface area contributed by atoms with Gasteiger partial charge in [0.05, 0.1) is 0 Å². The van der Waals surface area contributed by atoms with Crippen LogP contribution in [0, 0.1) is 6.92 Å². The predicted molar refractivity (Wildman–Crippen MR) is 54.0 cm³/mol. The SMILES string of the molecule is Cc1ccccc1N(C)[SiH2]Cl. The van der Waals surface area contributed by atoms with Gasteiger partial charge in [0, 0.05) is 5.69 Å². The van der Waals surface area contributed by atoms with Crippen LogP contribution in [0.25, 0.3) is 0 Å². The molecule has 0 N–H and O–H groups in total. The molecule has 0 radical (unpaired) electrons. The highest BCUT2D eigenvalue weighted by atomic mass is 35.6. The molecular formula is C8H12ClNSi. The van der Waals surface area contributed by atoms with Gasteiger partial charge in [0.2, 0.25) is 8.99 Å². The van der Waals surface area contributed by atoms with Crippen LogP contribution in [0.3, 0.4) is 0 Å². The van der Waals surface area contributed by atoms with Gasteiger partial charge in [-0.3, -0.25) is 0 Å². The minimum absolute atomic E-state index is 0.576. The fraction of sp³-hybridized carbons (Fsp3) is 0.250. The first-order chi connectivity index (χ1) is 5.25. The Balaban J connectivity index is 2.93. The molecule has 1 rings (SSSR count). The van der Waals surface area contributed by atoms with Gasteiger partial charge in [-0.05, 0) is 25.6 Å². The van der Waals surface area contributed by atoms with Crippen LogP contribution in [-0.4, -0.2) is 16.0 Å². The highest BCUT2D eigenvalue weighted by Crippen LogP contribution is 2.16. The standard InChI is InChI=1S/C8H12ClNSi/c1-7-5-3-4-6-8(7)10(2)11-9/h3-6H,11H2,1-2H3. The van der Waals surface area contributed by atoms with E-state index >= 15 is 0 Å². The van der Waals surface area contributed by atoms with Gasteiger partial charge in [0.15, 0.2) is 0 Å². The van der Waals surface area contributed by atoms with Crippen LogP contribution in [0.4, 0.5) is 5.69 Å². The molecule has 0 bridgehead atoms. The Morgan fingerprint density at radius 1 is 1.36 bits per heavy atom. The molecule has 0 heterocycles. The first-order valence-electron chi connectivity index (χ1n) is 3.58. The minimum atomic E-state index is -0.576. The topological polar surface area (TPSA) is 3.24 Å². The molecule has 3 heteroatoms. The summed E-state index contributed by atoms with van der Waals surface area (Å²) in [5.41, 5.74) is 2.55. The Kier molecular flexibility index (Phi) is 2.97. The second-order valence-corrected chi connectivity index (χ2v) is 4.51. The number of para-hydroxylation sites is 1. The molecule has 0 fully saturated rings. The second-order valence-electron chi connectivity index (χ2n) is 2.60. The van der Waals surface area contributed by atoms with E-state index in [4.69, 9.17) is 11.1 Å². The molecule has 1 aromatic carbocycles. The number of nitrogens with zero attached hydrogens (tertiary/aromatic N) is 1. The van der Waals surface area contributed by atoms with Crippen molar-refractivity contribution < 1.29 is 0 Å². The largest absolute Gasteiger partial charge is 0.393 e. The third-order valence-corrected chi connectivity index (χ3v) is 3.48. The lowest BCUT2D eigenvalue weighted by Gasteiger charge is -2.17. The summed E-state index contributed by atoms with van der Waals surface area (Å²) in [5, 5.41) is 0. The first kappa shape index (κ1) is 8.62. The Morgan fingerprint density at radius 2 is 2.00 bits per heavy atom. The van der Waals surface area contributed by atoms with Crippen LogP contribution in [0.2, 0.25) is 0 Å². The van der Waals surface area contributed by atoms with E-state index in [0.29, 0.717) is 0 Å². The molecule has 0 saturated carbocycles. The molecule has 0 amide bonds. The number of halogens is 1. The number of benzene rings is 1. The Bertz CT molecular complexity index is 239. The molecule has 1 nitrogen and oxygen atoms in total. The Morgan fingerprint density at radius 3 is 2.55 bits per heavy atom. The van der Waals surface area contributed by atoms with Gasteiger partial charge in [-0.1, -0.05) is 18.2 Å². The first-order valence-corrected chi connectivity index (χ1v) is 6.35. The third kappa shape index (κ3) is 1.98. The van der Waals surface area contributed by atoms with Gasteiger partial charge < -0.3 is 4.57 Å². The molecular weight excluding hydrogens is 174 g/mol. The van der Waals surface area contributed by atoms with Crippen molar-refractivity contribution in [2.45, 2.75) is 6.92 Å². The van der Waals surface area contributed by atoms with Crippen molar-refractivity contribution in [1.29, 1.82) is 0 Å². The second kappa shape index (κ2) is 3.79. The summed E-state index contributed by atoms with van der Waals surface area (Å²) in [4.78, 5) is 0. The summed E-state index contributed by atoms with van der Waals surface area (Å²) < 4.78 is 2.15. The zero-order valence-corrected chi connectivity index (χ0v) is 9.01. The normalized spacial score (nSPS) is 10.8. The summed E-state index contributed by atoms with van der Waals surface area (Å²) >= 11 is 5.82. The summed E-state index contributed by atoms with van der Waals surface area (Å²) in [6, 6.07) is 8.29. The molecule has 60 valence electrons. The van der Waals surface area contributed by atoms with E-state index in [2.05, 4.69) is 23.6 Å². The van der Waals surface area contributed by atoms with Crippen LogP contribution in [-0.2, 0) is 0 Å². The van der Waals surface area contributed by atoms with Crippen molar-refractivity contribution in [3.63, 3.8) is 0 Å². The van der Waals surface area contributed by atoms with E-state index in [1.807, 2.05) is 19.2 Å². The van der Waals surface area contributed by atoms with Crippen LogP contribution < -0.4 is 4.57 Å². The van der Waals surface area contributed by atoms with Crippen molar-refractivity contribution >= 4 is 25.8 Å². The molecule has 0 atom stereocenters. The third-order valence-electron chi connectivity index (χ3n) is 1.71. The summed E-state index contributed by atoms with van der Waals surface area (Å²) in [7, 11) is 1.47. The van der Waals surface area contributed by atoms with Crippen molar-refractivity contribution in [3.8, 4) is 0 Å². The van der Waals surface area contributed by atoms with Crippen molar-refractivity contribution in [3.05, 3.63) is 29.8 Å². The van der Waals surface area contributed by atoms with Gasteiger partial charge in [0.25, 0.3) is 0 Å². The van der Waals surface area contributed by atoms with E-state index in [1.165, 1.54) is 11.3 Å². The van der Waals surface area contributed by atoms with Gasteiger partial charge >= 0.3 is 0 Å². The zero-order chi connectivity index (χ0) is 8.27. The summed E-state index contributed by atoms with van der Waals surface area (Å²) in [5.74, 6) is 0. The maximum absolute atomic E-state index is 5.82. The number of hydrogen-bond donors (Lipinski definition) is 0. The molecule has 0 saturated heterocycles. The minimum Gasteiger partial charge on any atom is -0.393 e. The maximum atomic E-state index is 5.82. The molecule has 0 aromatic heterocycles. The number of anilines is 1. The van der Waals surface area contributed by atoms with Crippen LogP contribution >= 0.6 is 11.1 Å². The van der Waals surface area contributed by atoms with E-state index in [0.717, 1.165) is 0 Å². The van der Waals surface area contributed by atoms with Gasteiger partial charge in [-0.2, -0.15) is 0 Å². The summed E-state index contributed by atoms with van der Waals surface area (Å²) in [6.45, 7) is 2.10. The number of aryl methyl sites for hydroxylation is 1. The van der Waals surface area contributed by atoms with Gasteiger partial charge in [-0.15, -0.1) is 11.1 Å². The lowest BCUT2D eigenvalue weighted by molar-refractivity contribution is 1.29. The van der Waals surface area contributed by atoms with E-state index in [9.17, 15) is 0 Å². The number of rotatable bonds is 2.